The van der Waals surface area contributed by atoms with Crippen molar-refractivity contribution in [2.45, 2.75) is 19.3 Å². The second-order valence-electron chi connectivity index (χ2n) is 3.55. The Bertz CT molecular complexity index is 222. The van der Waals surface area contributed by atoms with Crippen LogP contribution in [0.2, 0.25) is 0 Å². The average molecular weight is 182 g/mol. The highest BCUT2D eigenvalue weighted by Gasteiger charge is 2.31. The number of aldehydes is 1. The van der Waals surface area contributed by atoms with Crippen molar-refractivity contribution in [1.82, 2.24) is 0 Å². The maximum absolute atomic E-state index is 10.7. The van der Waals surface area contributed by atoms with Crippen LogP contribution in [0.25, 0.3) is 0 Å². The molecule has 72 valence electrons. The number of hydrogen-bond donors (Lipinski definition) is 1. The van der Waals surface area contributed by atoms with Crippen molar-refractivity contribution in [2.24, 2.45) is 17.8 Å². The van der Waals surface area contributed by atoms with Gasteiger partial charge in [0.05, 0.1) is 5.92 Å². The zero-order chi connectivity index (χ0) is 9.84. The predicted molar refractivity (Wildman–Crippen MR) is 48.2 cm³/mol. The summed E-state index contributed by atoms with van der Waals surface area (Å²) in [6, 6.07) is 0. The van der Waals surface area contributed by atoms with Crippen LogP contribution in [0.3, 0.4) is 0 Å². The Balaban J connectivity index is 2.62. The van der Waals surface area contributed by atoms with E-state index in [4.69, 9.17) is 5.11 Å². The first-order valence-corrected chi connectivity index (χ1v) is 4.49. The summed E-state index contributed by atoms with van der Waals surface area (Å²) in [5.74, 6) is -1.10. The SMILES string of the molecule is C=CC1CCC(C(=O)O)CC1C=O. The molecule has 0 aromatic heterocycles. The minimum Gasteiger partial charge on any atom is -0.481 e. The van der Waals surface area contributed by atoms with Crippen LogP contribution in [0.1, 0.15) is 19.3 Å². The lowest BCUT2D eigenvalue weighted by Gasteiger charge is -2.28. The van der Waals surface area contributed by atoms with Crippen LogP contribution in [0.5, 0.6) is 0 Å². The lowest BCUT2D eigenvalue weighted by molar-refractivity contribution is -0.143. The van der Waals surface area contributed by atoms with Crippen molar-refractivity contribution in [1.29, 1.82) is 0 Å². The highest BCUT2D eigenvalue weighted by Crippen LogP contribution is 2.33. The maximum Gasteiger partial charge on any atom is 0.306 e. The molecule has 0 radical (unpaired) electrons. The van der Waals surface area contributed by atoms with E-state index in [9.17, 15) is 9.59 Å². The van der Waals surface area contributed by atoms with Gasteiger partial charge in [-0.3, -0.25) is 4.79 Å². The Morgan fingerprint density at radius 2 is 2.08 bits per heavy atom. The molecule has 13 heavy (non-hydrogen) atoms. The molecule has 0 amide bonds. The van der Waals surface area contributed by atoms with Crippen LogP contribution in [0.15, 0.2) is 12.7 Å². The second-order valence-corrected chi connectivity index (χ2v) is 3.55. The molecule has 1 aliphatic rings. The van der Waals surface area contributed by atoms with Crippen LogP contribution in [-0.4, -0.2) is 17.4 Å². The lowest BCUT2D eigenvalue weighted by Crippen LogP contribution is -2.28. The molecule has 0 spiro atoms. The molecular weight excluding hydrogens is 168 g/mol. The van der Waals surface area contributed by atoms with E-state index in [-0.39, 0.29) is 17.8 Å². The Hall–Kier alpha value is -1.12. The molecule has 1 rings (SSSR count). The fourth-order valence-electron chi connectivity index (χ4n) is 1.90. The van der Waals surface area contributed by atoms with Gasteiger partial charge in [0, 0.05) is 5.92 Å². The molecule has 1 aliphatic carbocycles. The molecule has 0 aliphatic heterocycles. The molecule has 0 aromatic carbocycles. The van der Waals surface area contributed by atoms with E-state index in [1.807, 2.05) is 0 Å². The minimum absolute atomic E-state index is 0.146. The van der Waals surface area contributed by atoms with Gasteiger partial charge in [-0.05, 0) is 25.2 Å². The van der Waals surface area contributed by atoms with Gasteiger partial charge in [0.25, 0.3) is 0 Å². The van der Waals surface area contributed by atoms with E-state index in [1.54, 1.807) is 6.08 Å². The number of aliphatic carboxylic acids is 1. The van der Waals surface area contributed by atoms with Gasteiger partial charge in [-0.25, -0.2) is 0 Å². The molecule has 0 heterocycles. The number of hydrogen-bond acceptors (Lipinski definition) is 2. The fraction of sp³-hybridized carbons (Fsp3) is 0.600. The summed E-state index contributed by atoms with van der Waals surface area (Å²) in [5, 5.41) is 8.77. The zero-order valence-electron chi connectivity index (χ0n) is 7.48. The first-order chi connectivity index (χ1) is 6.19. The molecule has 1 fully saturated rings. The maximum atomic E-state index is 10.7. The number of carbonyl (C=O) groups excluding carboxylic acids is 1. The summed E-state index contributed by atoms with van der Waals surface area (Å²) in [6.07, 6.45) is 4.52. The van der Waals surface area contributed by atoms with Gasteiger partial charge in [-0.1, -0.05) is 6.08 Å². The average Bonchev–Trinajstić information content (AvgIpc) is 2.16. The summed E-state index contributed by atoms with van der Waals surface area (Å²) in [6.45, 7) is 3.65. The summed E-state index contributed by atoms with van der Waals surface area (Å²) in [4.78, 5) is 21.3. The molecule has 1 N–H and O–H groups in total. The van der Waals surface area contributed by atoms with Crippen molar-refractivity contribution in [3.63, 3.8) is 0 Å². The van der Waals surface area contributed by atoms with Crippen molar-refractivity contribution in [2.75, 3.05) is 0 Å². The van der Waals surface area contributed by atoms with E-state index in [1.165, 1.54) is 0 Å². The Morgan fingerprint density at radius 3 is 2.54 bits per heavy atom. The molecule has 3 atom stereocenters. The highest BCUT2D eigenvalue weighted by atomic mass is 16.4. The minimum atomic E-state index is -0.783. The quantitative estimate of drug-likeness (QED) is 0.531. The molecule has 0 aromatic rings. The largest absolute Gasteiger partial charge is 0.481 e. The third-order valence-electron chi connectivity index (χ3n) is 2.78. The first kappa shape index (κ1) is 9.96. The normalized spacial score (nSPS) is 33.7. The summed E-state index contributed by atoms with van der Waals surface area (Å²) in [7, 11) is 0. The van der Waals surface area contributed by atoms with Crippen molar-refractivity contribution in [3.8, 4) is 0 Å². The molecule has 1 saturated carbocycles. The van der Waals surface area contributed by atoms with Gasteiger partial charge in [0.15, 0.2) is 0 Å². The molecule has 3 unspecified atom stereocenters. The number of carboxylic acid groups (broad SMARTS) is 1. The summed E-state index contributed by atoms with van der Waals surface area (Å²) < 4.78 is 0. The fourth-order valence-corrected chi connectivity index (χ4v) is 1.90. The topological polar surface area (TPSA) is 54.4 Å². The molecule has 0 saturated heterocycles. The summed E-state index contributed by atoms with van der Waals surface area (Å²) in [5.41, 5.74) is 0. The number of rotatable bonds is 3. The number of allylic oxidation sites excluding steroid dienone is 1. The van der Waals surface area contributed by atoms with Crippen molar-refractivity contribution >= 4 is 12.3 Å². The van der Waals surface area contributed by atoms with Crippen LogP contribution in [0, 0.1) is 17.8 Å². The zero-order valence-corrected chi connectivity index (χ0v) is 7.48. The van der Waals surface area contributed by atoms with E-state index in [0.29, 0.717) is 12.8 Å². The summed E-state index contributed by atoms with van der Waals surface area (Å²) >= 11 is 0. The van der Waals surface area contributed by atoms with Gasteiger partial charge in [-0.2, -0.15) is 0 Å². The van der Waals surface area contributed by atoms with Crippen LogP contribution in [0.4, 0.5) is 0 Å². The van der Waals surface area contributed by atoms with E-state index < -0.39 is 5.97 Å². The standard InChI is InChI=1S/C10H14O3/c1-2-7-3-4-8(10(12)13)5-9(7)6-11/h2,6-9H,1,3-5H2,(H,12,13). The van der Waals surface area contributed by atoms with Crippen molar-refractivity contribution in [3.05, 3.63) is 12.7 Å². The lowest BCUT2D eigenvalue weighted by atomic mass is 9.75. The Labute approximate surface area is 77.4 Å². The number of carbonyl (C=O) groups is 2. The second kappa shape index (κ2) is 4.21. The van der Waals surface area contributed by atoms with E-state index >= 15 is 0 Å². The van der Waals surface area contributed by atoms with Crippen LogP contribution >= 0.6 is 0 Å². The smallest absolute Gasteiger partial charge is 0.306 e. The van der Waals surface area contributed by atoms with Gasteiger partial charge in [-0.15, -0.1) is 6.58 Å². The van der Waals surface area contributed by atoms with E-state index in [0.717, 1.165) is 12.7 Å². The highest BCUT2D eigenvalue weighted by molar-refractivity contribution is 5.71. The first-order valence-electron chi connectivity index (χ1n) is 4.49. The Morgan fingerprint density at radius 1 is 1.38 bits per heavy atom. The molecule has 3 heteroatoms. The molecule has 3 nitrogen and oxygen atoms in total. The van der Waals surface area contributed by atoms with Gasteiger partial charge < -0.3 is 9.90 Å². The molecular formula is C10H14O3. The molecule has 0 bridgehead atoms. The third kappa shape index (κ3) is 2.17. The third-order valence-corrected chi connectivity index (χ3v) is 2.78. The number of carboxylic acids is 1. The van der Waals surface area contributed by atoms with Gasteiger partial charge >= 0.3 is 5.97 Å². The van der Waals surface area contributed by atoms with Crippen molar-refractivity contribution < 1.29 is 14.7 Å². The Kier molecular flexibility index (Phi) is 3.23. The van der Waals surface area contributed by atoms with Gasteiger partial charge in [0.1, 0.15) is 6.29 Å². The monoisotopic (exact) mass is 182 g/mol. The van der Waals surface area contributed by atoms with Crippen LogP contribution < -0.4 is 0 Å². The van der Waals surface area contributed by atoms with Gasteiger partial charge in [0.2, 0.25) is 0 Å². The predicted octanol–water partition coefficient (Wildman–Crippen LogP) is 1.49. The van der Waals surface area contributed by atoms with Crippen LogP contribution in [-0.2, 0) is 9.59 Å². The van der Waals surface area contributed by atoms with E-state index in [2.05, 4.69) is 6.58 Å².